The fraction of sp³-hybridized carbons (Fsp3) is 1.00. The van der Waals surface area contributed by atoms with Crippen LogP contribution in [-0.2, 0) is 0 Å². The molecule has 1 fully saturated rings. The fourth-order valence-corrected chi connectivity index (χ4v) is 3.72. The Morgan fingerprint density at radius 2 is 2.06 bits per heavy atom. The van der Waals surface area contributed by atoms with Gasteiger partial charge in [-0.2, -0.15) is 11.8 Å². The number of hydrogen-bond donors (Lipinski definition) is 1. The molecular weight excluding hydrogens is 240 g/mol. The van der Waals surface area contributed by atoms with Gasteiger partial charge in [0.15, 0.2) is 0 Å². The van der Waals surface area contributed by atoms with Crippen LogP contribution in [-0.4, -0.2) is 42.1 Å². The smallest absolute Gasteiger partial charge is 0.0226 e. The van der Waals surface area contributed by atoms with E-state index in [9.17, 15) is 0 Å². The Labute approximate surface area is 118 Å². The number of likely N-dealkylation sites (tertiary alicyclic amines) is 1. The molecule has 1 rings (SSSR count). The van der Waals surface area contributed by atoms with Gasteiger partial charge in [0.05, 0.1) is 0 Å². The van der Waals surface area contributed by atoms with Gasteiger partial charge in [-0.15, -0.1) is 0 Å². The molecule has 2 N–H and O–H groups in total. The predicted molar refractivity (Wildman–Crippen MR) is 84.2 cm³/mol. The maximum absolute atomic E-state index is 5.98. The lowest BCUT2D eigenvalue weighted by atomic mass is 9.89. The highest BCUT2D eigenvalue weighted by atomic mass is 32.2. The average Bonchev–Trinajstić information content (AvgIpc) is 2.60. The van der Waals surface area contributed by atoms with Gasteiger partial charge in [-0.05, 0) is 62.1 Å². The number of rotatable bonds is 7. The molecule has 0 spiro atoms. The predicted octanol–water partition coefficient (Wildman–Crippen LogP) is 3.22. The molecular formula is C15H32N2S. The Hall–Kier alpha value is 0.270. The third-order valence-electron chi connectivity index (χ3n) is 4.34. The molecule has 0 aromatic heterocycles. The van der Waals surface area contributed by atoms with Crippen molar-refractivity contribution >= 4 is 11.8 Å². The molecule has 0 radical (unpaired) electrons. The Bertz CT molecular complexity index is 209. The van der Waals surface area contributed by atoms with Gasteiger partial charge in [-0.3, -0.25) is 4.90 Å². The normalized spacial score (nSPS) is 24.2. The largest absolute Gasteiger partial charge is 0.329 e. The van der Waals surface area contributed by atoms with Crippen molar-refractivity contribution in [2.75, 3.05) is 31.1 Å². The quantitative estimate of drug-likeness (QED) is 0.722. The van der Waals surface area contributed by atoms with Crippen LogP contribution >= 0.6 is 11.8 Å². The Balaban J connectivity index is 2.39. The first kappa shape index (κ1) is 16.3. The molecule has 2 atom stereocenters. The standard InChI is InChI=1S/C15H32N2S/c1-4-18-11-8-15(12-16)17-9-5-6-14(7-10-17)13(2)3/h13-15H,4-12,16H2,1-3H3. The number of nitrogens with two attached hydrogens (primary N) is 1. The second kappa shape index (κ2) is 9.22. The van der Waals surface area contributed by atoms with Gasteiger partial charge in [-0.1, -0.05) is 20.8 Å². The van der Waals surface area contributed by atoms with Crippen LogP contribution in [0.3, 0.4) is 0 Å². The summed E-state index contributed by atoms with van der Waals surface area (Å²) in [5.41, 5.74) is 5.98. The minimum Gasteiger partial charge on any atom is -0.329 e. The number of thioether (sulfide) groups is 1. The van der Waals surface area contributed by atoms with Crippen molar-refractivity contribution in [3.63, 3.8) is 0 Å². The topological polar surface area (TPSA) is 29.3 Å². The molecule has 2 unspecified atom stereocenters. The fourth-order valence-electron chi connectivity index (χ4n) is 2.99. The van der Waals surface area contributed by atoms with Gasteiger partial charge < -0.3 is 5.73 Å². The van der Waals surface area contributed by atoms with Crippen molar-refractivity contribution in [2.24, 2.45) is 17.6 Å². The van der Waals surface area contributed by atoms with Gasteiger partial charge in [0.1, 0.15) is 0 Å². The van der Waals surface area contributed by atoms with E-state index in [1.54, 1.807) is 0 Å². The molecule has 0 aliphatic carbocycles. The third kappa shape index (κ3) is 5.50. The van der Waals surface area contributed by atoms with E-state index in [1.807, 2.05) is 11.8 Å². The van der Waals surface area contributed by atoms with E-state index in [-0.39, 0.29) is 0 Å². The monoisotopic (exact) mass is 272 g/mol. The Kier molecular flexibility index (Phi) is 8.36. The van der Waals surface area contributed by atoms with Crippen molar-refractivity contribution in [1.29, 1.82) is 0 Å². The molecule has 1 saturated heterocycles. The van der Waals surface area contributed by atoms with E-state index >= 15 is 0 Å². The summed E-state index contributed by atoms with van der Waals surface area (Å²) in [5, 5.41) is 0. The van der Waals surface area contributed by atoms with E-state index in [2.05, 4.69) is 25.7 Å². The molecule has 108 valence electrons. The molecule has 2 nitrogen and oxygen atoms in total. The van der Waals surface area contributed by atoms with Crippen LogP contribution in [0.5, 0.6) is 0 Å². The van der Waals surface area contributed by atoms with Crippen LogP contribution in [0.1, 0.15) is 46.5 Å². The van der Waals surface area contributed by atoms with E-state index in [0.29, 0.717) is 6.04 Å². The Morgan fingerprint density at radius 3 is 2.67 bits per heavy atom. The molecule has 3 heteroatoms. The second-order valence-corrected chi connectivity index (χ2v) is 7.24. The lowest BCUT2D eigenvalue weighted by Crippen LogP contribution is -2.41. The zero-order valence-corrected chi connectivity index (χ0v) is 13.3. The van der Waals surface area contributed by atoms with Crippen LogP contribution in [0.15, 0.2) is 0 Å². The van der Waals surface area contributed by atoms with Crippen molar-refractivity contribution in [3.05, 3.63) is 0 Å². The first-order valence-electron chi connectivity index (χ1n) is 7.70. The SMILES string of the molecule is CCSCCC(CN)N1CCCC(C(C)C)CC1. The molecule has 1 aliphatic rings. The molecule has 1 heterocycles. The summed E-state index contributed by atoms with van der Waals surface area (Å²) in [5.74, 6) is 4.27. The van der Waals surface area contributed by atoms with Gasteiger partial charge in [0.25, 0.3) is 0 Å². The highest BCUT2D eigenvalue weighted by Gasteiger charge is 2.23. The second-order valence-electron chi connectivity index (χ2n) is 5.85. The lowest BCUT2D eigenvalue weighted by Gasteiger charge is -2.30. The van der Waals surface area contributed by atoms with Crippen molar-refractivity contribution in [3.8, 4) is 0 Å². The summed E-state index contributed by atoms with van der Waals surface area (Å²) >= 11 is 2.04. The molecule has 0 aromatic rings. The third-order valence-corrected chi connectivity index (χ3v) is 5.27. The highest BCUT2D eigenvalue weighted by Crippen LogP contribution is 2.25. The van der Waals surface area contributed by atoms with E-state index in [4.69, 9.17) is 5.73 Å². The van der Waals surface area contributed by atoms with Crippen molar-refractivity contribution in [2.45, 2.75) is 52.5 Å². The molecule has 0 aromatic carbocycles. The Morgan fingerprint density at radius 1 is 1.28 bits per heavy atom. The minimum atomic E-state index is 0.620. The van der Waals surface area contributed by atoms with Gasteiger partial charge >= 0.3 is 0 Å². The summed E-state index contributed by atoms with van der Waals surface area (Å²) < 4.78 is 0. The number of nitrogens with zero attached hydrogens (tertiary/aromatic N) is 1. The van der Waals surface area contributed by atoms with Crippen LogP contribution in [0.2, 0.25) is 0 Å². The summed E-state index contributed by atoms with van der Waals surface area (Å²) in [6, 6.07) is 0.620. The van der Waals surface area contributed by atoms with Crippen LogP contribution in [0, 0.1) is 11.8 Å². The van der Waals surface area contributed by atoms with Gasteiger partial charge in [-0.25, -0.2) is 0 Å². The first-order chi connectivity index (χ1) is 8.69. The summed E-state index contributed by atoms with van der Waals surface area (Å²) in [7, 11) is 0. The van der Waals surface area contributed by atoms with Crippen LogP contribution < -0.4 is 5.73 Å². The van der Waals surface area contributed by atoms with Gasteiger partial charge in [0, 0.05) is 12.6 Å². The van der Waals surface area contributed by atoms with Crippen LogP contribution in [0.4, 0.5) is 0 Å². The maximum atomic E-state index is 5.98. The van der Waals surface area contributed by atoms with Crippen molar-refractivity contribution in [1.82, 2.24) is 4.90 Å². The zero-order chi connectivity index (χ0) is 13.4. The molecule has 18 heavy (non-hydrogen) atoms. The maximum Gasteiger partial charge on any atom is 0.0226 e. The zero-order valence-electron chi connectivity index (χ0n) is 12.5. The van der Waals surface area contributed by atoms with Crippen LogP contribution in [0.25, 0.3) is 0 Å². The van der Waals surface area contributed by atoms with E-state index in [1.165, 1.54) is 50.3 Å². The number of hydrogen-bond acceptors (Lipinski definition) is 3. The van der Waals surface area contributed by atoms with E-state index < -0.39 is 0 Å². The van der Waals surface area contributed by atoms with Crippen molar-refractivity contribution < 1.29 is 0 Å². The molecule has 0 amide bonds. The molecule has 0 saturated carbocycles. The summed E-state index contributed by atoms with van der Waals surface area (Å²) in [4.78, 5) is 2.67. The van der Waals surface area contributed by atoms with E-state index in [0.717, 1.165) is 18.4 Å². The highest BCUT2D eigenvalue weighted by molar-refractivity contribution is 7.99. The average molecular weight is 273 g/mol. The minimum absolute atomic E-state index is 0.620. The first-order valence-corrected chi connectivity index (χ1v) is 8.86. The summed E-state index contributed by atoms with van der Waals surface area (Å²) in [6.07, 6.45) is 5.41. The molecule has 1 aliphatic heterocycles. The summed E-state index contributed by atoms with van der Waals surface area (Å²) in [6.45, 7) is 10.3. The van der Waals surface area contributed by atoms with Gasteiger partial charge in [0.2, 0.25) is 0 Å². The molecule has 0 bridgehead atoms. The lowest BCUT2D eigenvalue weighted by molar-refractivity contribution is 0.198.